The number of pyridine rings is 1. The maximum atomic E-state index is 6.11. The van der Waals surface area contributed by atoms with Gasteiger partial charge in [0.25, 0.3) is 0 Å². The summed E-state index contributed by atoms with van der Waals surface area (Å²) in [6, 6.07) is 9.10. The zero-order valence-corrected chi connectivity index (χ0v) is 12.3. The highest BCUT2D eigenvalue weighted by molar-refractivity contribution is 9.10. The first-order valence-corrected chi connectivity index (χ1v) is 6.62. The van der Waals surface area contributed by atoms with Gasteiger partial charge in [-0.3, -0.25) is 0 Å². The molecule has 2 aromatic rings. The molecule has 1 aromatic carbocycles. The topological polar surface area (TPSA) is 50.9 Å². The number of hydrogen-bond acceptors (Lipinski definition) is 3. The minimum atomic E-state index is 0.336. The van der Waals surface area contributed by atoms with Gasteiger partial charge in [-0.2, -0.15) is 0 Å². The Balaban J connectivity index is 2.28. The van der Waals surface area contributed by atoms with Crippen LogP contribution >= 0.6 is 39.7 Å². The Kier molecular flexibility index (Phi) is 4.16. The van der Waals surface area contributed by atoms with Crippen LogP contribution in [0.4, 0.5) is 11.5 Å². The molecule has 18 heavy (non-hydrogen) atoms. The summed E-state index contributed by atoms with van der Waals surface area (Å²) in [4.78, 5) is 4.52. The first kappa shape index (κ1) is 13.3. The fourth-order valence-electron chi connectivity index (χ4n) is 1.38. The summed E-state index contributed by atoms with van der Waals surface area (Å²) in [6.07, 6.45) is 1.64. The number of aromatic nitrogens is 1. The molecule has 0 saturated carbocycles. The van der Waals surface area contributed by atoms with E-state index in [0.29, 0.717) is 15.8 Å². The summed E-state index contributed by atoms with van der Waals surface area (Å²) in [6.45, 7) is 0. The SMILES string of the molecule is NC(=S)c1ccnc(Nc2ccc(Br)cc2Cl)c1. The van der Waals surface area contributed by atoms with Crippen molar-refractivity contribution in [3.63, 3.8) is 0 Å². The number of thiocarbonyl (C=S) groups is 1. The quantitative estimate of drug-likeness (QED) is 0.831. The van der Waals surface area contributed by atoms with Crippen LogP contribution in [-0.2, 0) is 0 Å². The van der Waals surface area contributed by atoms with Gasteiger partial charge in [0.2, 0.25) is 0 Å². The molecule has 3 nitrogen and oxygen atoms in total. The summed E-state index contributed by atoms with van der Waals surface area (Å²) in [5, 5.41) is 3.72. The monoisotopic (exact) mass is 341 g/mol. The Labute approximate surface area is 123 Å². The van der Waals surface area contributed by atoms with Crippen molar-refractivity contribution in [1.29, 1.82) is 0 Å². The van der Waals surface area contributed by atoms with Crippen molar-refractivity contribution in [3.05, 3.63) is 51.6 Å². The van der Waals surface area contributed by atoms with Gasteiger partial charge in [0.05, 0.1) is 10.7 Å². The van der Waals surface area contributed by atoms with Crippen molar-refractivity contribution < 1.29 is 0 Å². The molecule has 0 aliphatic rings. The molecule has 2 rings (SSSR count). The zero-order chi connectivity index (χ0) is 13.1. The Bertz CT molecular complexity index is 604. The zero-order valence-electron chi connectivity index (χ0n) is 9.15. The third kappa shape index (κ3) is 3.19. The van der Waals surface area contributed by atoms with Crippen LogP contribution in [0.5, 0.6) is 0 Å². The molecule has 0 fully saturated rings. The van der Waals surface area contributed by atoms with Crippen molar-refractivity contribution in [3.8, 4) is 0 Å². The van der Waals surface area contributed by atoms with E-state index in [1.165, 1.54) is 0 Å². The van der Waals surface area contributed by atoms with Crippen molar-refractivity contribution >= 4 is 56.2 Å². The maximum Gasteiger partial charge on any atom is 0.131 e. The normalized spacial score (nSPS) is 10.1. The molecule has 1 heterocycles. The van der Waals surface area contributed by atoms with Crippen molar-refractivity contribution in [1.82, 2.24) is 4.98 Å². The number of halogens is 2. The molecule has 6 heteroatoms. The van der Waals surface area contributed by atoms with Crippen LogP contribution in [0.1, 0.15) is 5.56 Å². The number of nitrogens with two attached hydrogens (primary N) is 1. The molecule has 0 spiro atoms. The van der Waals surface area contributed by atoms with Gasteiger partial charge < -0.3 is 11.1 Å². The van der Waals surface area contributed by atoms with E-state index < -0.39 is 0 Å². The van der Waals surface area contributed by atoms with E-state index in [1.54, 1.807) is 24.4 Å². The van der Waals surface area contributed by atoms with Gasteiger partial charge in [0.15, 0.2) is 0 Å². The van der Waals surface area contributed by atoms with E-state index >= 15 is 0 Å². The summed E-state index contributed by atoms with van der Waals surface area (Å²) in [7, 11) is 0. The Morgan fingerprint density at radius 1 is 1.33 bits per heavy atom. The average Bonchev–Trinajstić information content (AvgIpc) is 2.33. The number of nitrogens with one attached hydrogen (secondary N) is 1. The predicted octanol–water partition coefficient (Wildman–Crippen LogP) is 3.88. The van der Waals surface area contributed by atoms with Crippen LogP contribution < -0.4 is 11.1 Å². The van der Waals surface area contributed by atoms with Gasteiger partial charge in [-0.05, 0) is 30.3 Å². The van der Waals surface area contributed by atoms with Crippen LogP contribution in [0.15, 0.2) is 41.0 Å². The lowest BCUT2D eigenvalue weighted by atomic mass is 10.2. The second-order valence-corrected chi connectivity index (χ2v) is 5.31. The Morgan fingerprint density at radius 2 is 2.11 bits per heavy atom. The third-order valence-corrected chi connectivity index (χ3v) is 3.28. The van der Waals surface area contributed by atoms with Gasteiger partial charge in [0, 0.05) is 16.2 Å². The van der Waals surface area contributed by atoms with E-state index in [2.05, 4.69) is 26.2 Å². The lowest BCUT2D eigenvalue weighted by Crippen LogP contribution is -2.09. The molecule has 0 atom stereocenters. The lowest BCUT2D eigenvalue weighted by Gasteiger charge is -2.08. The van der Waals surface area contributed by atoms with Gasteiger partial charge in [-0.25, -0.2) is 4.98 Å². The first-order valence-electron chi connectivity index (χ1n) is 5.04. The third-order valence-electron chi connectivity index (χ3n) is 2.24. The number of nitrogens with zero attached hydrogens (tertiary/aromatic N) is 1. The Morgan fingerprint density at radius 3 is 2.78 bits per heavy atom. The highest BCUT2D eigenvalue weighted by atomic mass is 79.9. The molecule has 0 aliphatic heterocycles. The highest BCUT2D eigenvalue weighted by Gasteiger charge is 2.04. The van der Waals surface area contributed by atoms with E-state index in [1.807, 2.05) is 12.1 Å². The van der Waals surface area contributed by atoms with Crippen LogP contribution in [0.3, 0.4) is 0 Å². The summed E-state index contributed by atoms with van der Waals surface area (Å²) < 4.78 is 0.919. The van der Waals surface area contributed by atoms with Crippen LogP contribution in [0, 0.1) is 0 Å². The molecular weight excluding hydrogens is 334 g/mol. The molecule has 0 radical (unpaired) electrons. The molecule has 0 aliphatic carbocycles. The summed E-state index contributed by atoms with van der Waals surface area (Å²) >= 11 is 14.4. The van der Waals surface area contributed by atoms with E-state index in [9.17, 15) is 0 Å². The smallest absolute Gasteiger partial charge is 0.131 e. The van der Waals surface area contributed by atoms with Crippen LogP contribution in [0.25, 0.3) is 0 Å². The Hall–Kier alpha value is -1.17. The highest BCUT2D eigenvalue weighted by Crippen LogP contribution is 2.27. The van der Waals surface area contributed by atoms with Crippen LogP contribution in [-0.4, -0.2) is 9.97 Å². The van der Waals surface area contributed by atoms with E-state index in [0.717, 1.165) is 15.7 Å². The number of anilines is 2. The van der Waals surface area contributed by atoms with E-state index in [-0.39, 0.29) is 0 Å². The number of rotatable bonds is 3. The van der Waals surface area contributed by atoms with E-state index in [4.69, 9.17) is 29.6 Å². The van der Waals surface area contributed by atoms with Gasteiger partial charge in [0.1, 0.15) is 10.8 Å². The van der Waals surface area contributed by atoms with Crippen LogP contribution in [0.2, 0.25) is 5.02 Å². The molecule has 0 saturated heterocycles. The number of benzene rings is 1. The van der Waals surface area contributed by atoms with Gasteiger partial charge in [-0.1, -0.05) is 39.7 Å². The molecule has 0 bridgehead atoms. The standard InChI is InChI=1S/C12H9BrClN3S/c13-8-1-2-10(9(14)6-8)17-11-5-7(12(15)18)3-4-16-11/h1-6H,(H2,15,18)(H,16,17). The fourth-order valence-corrected chi connectivity index (χ4v) is 2.23. The minimum Gasteiger partial charge on any atom is -0.389 e. The largest absolute Gasteiger partial charge is 0.389 e. The molecular formula is C12H9BrClN3S. The van der Waals surface area contributed by atoms with Gasteiger partial charge in [-0.15, -0.1) is 0 Å². The molecule has 0 unspecified atom stereocenters. The first-order chi connectivity index (χ1) is 8.56. The average molecular weight is 343 g/mol. The number of hydrogen-bond donors (Lipinski definition) is 2. The molecule has 92 valence electrons. The second kappa shape index (κ2) is 5.65. The molecule has 3 N–H and O–H groups in total. The summed E-state index contributed by atoms with van der Waals surface area (Å²) in [5.74, 6) is 0.643. The minimum absolute atomic E-state index is 0.336. The van der Waals surface area contributed by atoms with Crippen molar-refractivity contribution in [2.24, 2.45) is 5.73 Å². The summed E-state index contributed by atoms with van der Waals surface area (Å²) in [5.41, 5.74) is 7.10. The molecule has 1 aromatic heterocycles. The maximum absolute atomic E-state index is 6.11. The van der Waals surface area contributed by atoms with Crippen molar-refractivity contribution in [2.45, 2.75) is 0 Å². The predicted molar refractivity (Wildman–Crippen MR) is 82.6 cm³/mol. The lowest BCUT2D eigenvalue weighted by molar-refractivity contribution is 1.30. The van der Waals surface area contributed by atoms with Gasteiger partial charge >= 0.3 is 0 Å². The fraction of sp³-hybridized carbons (Fsp3) is 0. The molecule has 0 amide bonds. The second-order valence-electron chi connectivity index (χ2n) is 3.54. The van der Waals surface area contributed by atoms with Crippen molar-refractivity contribution in [2.75, 3.05) is 5.32 Å².